The third kappa shape index (κ3) is 2.80. The maximum absolute atomic E-state index is 11.3. The Morgan fingerprint density at radius 1 is 1.30 bits per heavy atom. The third-order valence-corrected chi connectivity index (χ3v) is 6.12. The molecule has 0 unspecified atom stereocenters. The van der Waals surface area contributed by atoms with Gasteiger partial charge < -0.3 is 15.8 Å². The van der Waals surface area contributed by atoms with Crippen LogP contribution in [0.1, 0.15) is 43.0 Å². The number of carboxylic acids is 1. The van der Waals surface area contributed by atoms with Gasteiger partial charge in [-0.15, -0.1) is 6.42 Å². The number of aromatic nitrogens is 4. The number of nitrogens with two attached hydrogens (primary N) is 1. The molecule has 1 fully saturated rings. The number of nitrogens with one attached hydrogen (secondary N) is 1. The molecule has 0 spiro atoms. The van der Waals surface area contributed by atoms with Gasteiger partial charge in [0.15, 0.2) is 0 Å². The highest BCUT2D eigenvalue weighted by atomic mass is 16.4. The molecule has 30 heavy (non-hydrogen) atoms. The first kappa shape index (κ1) is 18.3. The maximum Gasteiger partial charge on any atom is 0.306 e. The number of fused-ring (bicyclic) bond motifs is 2. The Balaban J connectivity index is 1.64. The van der Waals surface area contributed by atoms with Crippen LogP contribution in [0.2, 0.25) is 0 Å². The molecule has 150 valence electrons. The first-order chi connectivity index (χ1) is 14.6. The van der Waals surface area contributed by atoms with Crippen LogP contribution in [0.4, 0.5) is 5.82 Å². The van der Waals surface area contributed by atoms with Crippen molar-refractivity contribution in [1.82, 2.24) is 19.4 Å². The predicted octanol–water partition coefficient (Wildman–Crippen LogP) is 3.80. The van der Waals surface area contributed by atoms with Crippen LogP contribution in [0.25, 0.3) is 27.8 Å². The summed E-state index contributed by atoms with van der Waals surface area (Å²) in [6.45, 7) is 0. The molecule has 1 aromatic carbocycles. The quantitative estimate of drug-likeness (QED) is 0.454. The Morgan fingerprint density at radius 2 is 2.10 bits per heavy atom. The molecule has 3 heterocycles. The fraction of sp³-hybridized carbons (Fsp3) is 0.261. The van der Waals surface area contributed by atoms with E-state index in [4.69, 9.17) is 17.1 Å². The molecule has 4 N–H and O–H groups in total. The molecule has 5 rings (SSSR count). The summed E-state index contributed by atoms with van der Waals surface area (Å²) in [6, 6.07) is 7.86. The number of rotatable bonds is 3. The molecule has 4 aromatic rings. The molecule has 1 aliphatic carbocycles. The summed E-state index contributed by atoms with van der Waals surface area (Å²) in [4.78, 5) is 24.0. The number of carbonyl (C=O) groups is 1. The van der Waals surface area contributed by atoms with Crippen molar-refractivity contribution in [2.45, 2.75) is 31.6 Å². The van der Waals surface area contributed by atoms with Gasteiger partial charge in [-0.3, -0.25) is 9.20 Å². The van der Waals surface area contributed by atoms with E-state index in [0.717, 1.165) is 52.0 Å². The van der Waals surface area contributed by atoms with Crippen molar-refractivity contribution in [2.75, 3.05) is 5.73 Å². The minimum atomic E-state index is -0.710. The zero-order chi connectivity index (χ0) is 20.8. The van der Waals surface area contributed by atoms with Gasteiger partial charge in [0.05, 0.1) is 17.1 Å². The van der Waals surface area contributed by atoms with E-state index in [1.54, 1.807) is 6.20 Å². The van der Waals surface area contributed by atoms with E-state index in [2.05, 4.69) is 15.9 Å². The number of H-pyrrole nitrogens is 1. The standard InChI is InChI=1S/C23H21N5O2/c1-2-13-4-3-5-16-12-17(26-18(13)16)19-20-21(24)25-10-11-28(20)22(27-19)14-6-8-15(9-7-14)23(29)30/h1,3-5,10-12,14-15,26H,6-9H2,(H2,24,25)(H,29,30). The SMILES string of the molecule is C#Cc1cccc2cc(-c3nc(C4CCC(C(=O)O)CC4)n4ccnc(N)c34)[nH]c12. The summed E-state index contributed by atoms with van der Waals surface area (Å²) in [5, 5.41) is 10.3. The average Bonchev–Trinajstić information content (AvgIpc) is 3.36. The van der Waals surface area contributed by atoms with E-state index in [9.17, 15) is 9.90 Å². The van der Waals surface area contributed by atoms with Crippen LogP contribution in [-0.2, 0) is 4.79 Å². The molecular weight excluding hydrogens is 378 g/mol. The lowest BCUT2D eigenvalue weighted by atomic mass is 9.81. The Morgan fingerprint density at radius 3 is 2.83 bits per heavy atom. The second kappa shape index (κ2) is 6.92. The van der Waals surface area contributed by atoms with Crippen molar-refractivity contribution in [3.05, 3.63) is 48.0 Å². The highest BCUT2D eigenvalue weighted by molar-refractivity contribution is 5.93. The number of hydrogen-bond donors (Lipinski definition) is 3. The van der Waals surface area contributed by atoms with Gasteiger partial charge in [0, 0.05) is 29.3 Å². The Labute approximate surface area is 173 Å². The normalized spacial score (nSPS) is 19.2. The Kier molecular flexibility index (Phi) is 4.21. The first-order valence-electron chi connectivity index (χ1n) is 10.0. The molecule has 1 aliphatic rings. The largest absolute Gasteiger partial charge is 0.481 e. The van der Waals surface area contributed by atoms with E-state index in [1.165, 1.54) is 0 Å². The monoisotopic (exact) mass is 399 g/mol. The van der Waals surface area contributed by atoms with E-state index < -0.39 is 5.97 Å². The fourth-order valence-electron chi connectivity index (χ4n) is 4.57. The lowest BCUT2D eigenvalue weighted by Crippen LogP contribution is -2.21. The van der Waals surface area contributed by atoms with Gasteiger partial charge in [-0.1, -0.05) is 18.1 Å². The van der Waals surface area contributed by atoms with Crippen LogP contribution < -0.4 is 5.73 Å². The molecular formula is C23H21N5O2. The summed E-state index contributed by atoms with van der Waals surface area (Å²) < 4.78 is 2.00. The van der Waals surface area contributed by atoms with Gasteiger partial charge >= 0.3 is 5.97 Å². The lowest BCUT2D eigenvalue weighted by molar-refractivity contribution is -0.142. The number of anilines is 1. The number of para-hydroxylation sites is 1. The molecule has 0 saturated heterocycles. The fourth-order valence-corrected chi connectivity index (χ4v) is 4.57. The van der Waals surface area contributed by atoms with Crippen LogP contribution in [-0.4, -0.2) is 30.4 Å². The summed E-state index contributed by atoms with van der Waals surface area (Å²) in [5.41, 5.74) is 10.2. The maximum atomic E-state index is 11.3. The van der Waals surface area contributed by atoms with Gasteiger partial charge in [-0.25, -0.2) is 9.97 Å². The van der Waals surface area contributed by atoms with Crippen molar-refractivity contribution in [3.8, 4) is 23.7 Å². The van der Waals surface area contributed by atoms with Crippen LogP contribution in [0.15, 0.2) is 36.7 Å². The summed E-state index contributed by atoms with van der Waals surface area (Å²) in [6.07, 6.45) is 12.1. The zero-order valence-electron chi connectivity index (χ0n) is 16.3. The van der Waals surface area contributed by atoms with Gasteiger partial charge in [0.25, 0.3) is 0 Å². The molecule has 0 amide bonds. The van der Waals surface area contributed by atoms with Gasteiger partial charge in [0.2, 0.25) is 0 Å². The average molecular weight is 399 g/mol. The third-order valence-electron chi connectivity index (χ3n) is 6.12. The highest BCUT2D eigenvalue weighted by Gasteiger charge is 2.30. The van der Waals surface area contributed by atoms with E-state index in [-0.39, 0.29) is 11.8 Å². The summed E-state index contributed by atoms with van der Waals surface area (Å²) in [7, 11) is 0. The number of carboxylic acid groups (broad SMARTS) is 1. The van der Waals surface area contributed by atoms with E-state index in [0.29, 0.717) is 18.7 Å². The summed E-state index contributed by atoms with van der Waals surface area (Å²) in [5.74, 6) is 3.21. The molecule has 0 aliphatic heterocycles. The molecule has 0 bridgehead atoms. The molecule has 1 saturated carbocycles. The smallest absolute Gasteiger partial charge is 0.306 e. The zero-order valence-corrected chi connectivity index (χ0v) is 16.3. The van der Waals surface area contributed by atoms with Crippen LogP contribution >= 0.6 is 0 Å². The number of nitrogen functional groups attached to an aromatic ring is 1. The van der Waals surface area contributed by atoms with E-state index in [1.807, 2.05) is 34.9 Å². The predicted molar refractivity (Wildman–Crippen MR) is 115 cm³/mol. The van der Waals surface area contributed by atoms with Crippen LogP contribution in [0.5, 0.6) is 0 Å². The number of nitrogens with zero attached hydrogens (tertiary/aromatic N) is 3. The molecule has 7 nitrogen and oxygen atoms in total. The van der Waals surface area contributed by atoms with E-state index >= 15 is 0 Å². The topological polar surface area (TPSA) is 109 Å². The van der Waals surface area contributed by atoms with Gasteiger partial charge in [-0.2, -0.15) is 0 Å². The number of aliphatic carboxylic acids is 1. The second-order valence-corrected chi connectivity index (χ2v) is 7.83. The Bertz CT molecular complexity index is 1320. The number of aromatic amines is 1. The minimum Gasteiger partial charge on any atom is -0.481 e. The van der Waals surface area contributed by atoms with Crippen molar-refractivity contribution in [3.63, 3.8) is 0 Å². The second-order valence-electron chi connectivity index (χ2n) is 7.83. The first-order valence-corrected chi connectivity index (χ1v) is 10.0. The van der Waals surface area contributed by atoms with Crippen molar-refractivity contribution < 1.29 is 9.90 Å². The highest BCUT2D eigenvalue weighted by Crippen LogP contribution is 2.39. The van der Waals surface area contributed by atoms with Gasteiger partial charge in [0.1, 0.15) is 22.9 Å². The number of terminal acetylenes is 1. The van der Waals surface area contributed by atoms with Crippen molar-refractivity contribution >= 4 is 28.2 Å². The summed E-state index contributed by atoms with van der Waals surface area (Å²) >= 11 is 0. The van der Waals surface area contributed by atoms with Gasteiger partial charge in [-0.05, 0) is 37.8 Å². The Hall–Kier alpha value is -3.79. The molecule has 7 heteroatoms. The van der Waals surface area contributed by atoms with Crippen LogP contribution in [0.3, 0.4) is 0 Å². The van der Waals surface area contributed by atoms with Crippen LogP contribution in [0, 0.1) is 18.3 Å². The molecule has 0 radical (unpaired) electrons. The minimum absolute atomic E-state index is 0.175. The van der Waals surface area contributed by atoms with Crippen molar-refractivity contribution in [2.24, 2.45) is 5.92 Å². The molecule has 0 atom stereocenters. The lowest BCUT2D eigenvalue weighted by Gasteiger charge is -2.25. The molecule has 3 aromatic heterocycles. The number of benzene rings is 1. The number of imidazole rings is 1. The van der Waals surface area contributed by atoms with Crippen molar-refractivity contribution in [1.29, 1.82) is 0 Å². The number of hydrogen-bond acceptors (Lipinski definition) is 4.